The van der Waals surface area contributed by atoms with Crippen LogP contribution in [0.3, 0.4) is 0 Å². The number of hydrogen-bond acceptors (Lipinski definition) is 8. The Kier molecular flexibility index (Phi) is 7.40. The molecule has 0 aliphatic carbocycles. The van der Waals surface area contributed by atoms with E-state index in [0.717, 1.165) is 16.9 Å². The second kappa shape index (κ2) is 11.0. The highest BCUT2D eigenvalue weighted by atomic mass is 35.5. The number of rotatable bonds is 7. The molecule has 0 saturated carbocycles. The predicted molar refractivity (Wildman–Crippen MR) is 142 cm³/mol. The summed E-state index contributed by atoms with van der Waals surface area (Å²) in [6.07, 6.45) is 7.05. The van der Waals surface area contributed by atoms with Gasteiger partial charge >= 0.3 is 0 Å². The predicted octanol–water partition coefficient (Wildman–Crippen LogP) is 3.74. The molecule has 10 nitrogen and oxygen atoms in total. The summed E-state index contributed by atoms with van der Waals surface area (Å²) >= 11 is 6.14. The summed E-state index contributed by atoms with van der Waals surface area (Å²) in [6.45, 7) is 3.66. The molecule has 1 saturated heterocycles. The molecule has 2 atom stereocenters. The van der Waals surface area contributed by atoms with Crippen molar-refractivity contribution in [2.45, 2.75) is 25.5 Å². The van der Waals surface area contributed by atoms with Crippen LogP contribution in [0.4, 0.5) is 5.82 Å². The molecule has 5 heterocycles. The van der Waals surface area contributed by atoms with Gasteiger partial charge in [0, 0.05) is 43.7 Å². The van der Waals surface area contributed by atoms with E-state index in [4.69, 9.17) is 26.1 Å². The van der Waals surface area contributed by atoms with Crippen LogP contribution in [0.5, 0.6) is 5.75 Å². The van der Waals surface area contributed by atoms with E-state index in [-0.39, 0.29) is 23.7 Å². The summed E-state index contributed by atoms with van der Waals surface area (Å²) in [5.41, 5.74) is 3.04. The lowest BCUT2D eigenvalue weighted by Gasteiger charge is -2.38. The van der Waals surface area contributed by atoms with Crippen molar-refractivity contribution in [3.05, 3.63) is 71.4 Å². The molecule has 194 valence electrons. The third kappa shape index (κ3) is 4.98. The van der Waals surface area contributed by atoms with E-state index in [2.05, 4.69) is 26.4 Å². The third-order valence-electron chi connectivity index (χ3n) is 6.55. The van der Waals surface area contributed by atoms with Crippen molar-refractivity contribution in [3.63, 3.8) is 0 Å². The summed E-state index contributed by atoms with van der Waals surface area (Å²) in [5, 5.41) is 17.2. The molecule has 0 radical (unpaired) electrons. The molecule has 5 rings (SSSR count). The fourth-order valence-electron chi connectivity index (χ4n) is 4.69. The number of nitriles is 1. The molecule has 4 aromatic rings. The van der Waals surface area contributed by atoms with E-state index in [9.17, 15) is 10.1 Å². The zero-order valence-electron chi connectivity index (χ0n) is 21.0. The first-order chi connectivity index (χ1) is 18.5. The van der Waals surface area contributed by atoms with Gasteiger partial charge in [-0.2, -0.15) is 10.4 Å². The Balaban J connectivity index is 1.34. The van der Waals surface area contributed by atoms with E-state index in [0.29, 0.717) is 48.0 Å². The van der Waals surface area contributed by atoms with Crippen LogP contribution in [-0.4, -0.2) is 64.4 Å². The number of aromatic nitrogens is 4. The first-order valence-corrected chi connectivity index (χ1v) is 12.6. The summed E-state index contributed by atoms with van der Waals surface area (Å²) in [6, 6.07) is 11.2. The van der Waals surface area contributed by atoms with Crippen LogP contribution in [0, 0.1) is 11.3 Å². The first-order valence-electron chi connectivity index (χ1n) is 12.2. The second-order valence-electron chi connectivity index (χ2n) is 8.81. The van der Waals surface area contributed by atoms with Crippen molar-refractivity contribution in [1.82, 2.24) is 24.9 Å². The van der Waals surface area contributed by atoms with Crippen molar-refractivity contribution < 1.29 is 14.3 Å². The average molecular weight is 532 g/mol. The summed E-state index contributed by atoms with van der Waals surface area (Å²) in [7, 11) is 1.63. The van der Waals surface area contributed by atoms with Gasteiger partial charge in [0.05, 0.1) is 47.2 Å². The molecule has 1 amide bonds. The number of halogens is 1. The second-order valence-corrected chi connectivity index (χ2v) is 9.22. The van der Waals surface area contributed by atoms with Crippen LogP contribution in [-0.2, 0) is 4.74 Å². The Morgan fingerprint density at radius 2 is 2.16 bits per heavy atom. The number of pyridine rings is 3. The lowest BCUT2D eigenvalue weighted by molar-refractivity contribution is 0.0539. The Hall–Kier alpha value is -4.20. The number of carbonyl (C=O) groups excluding carboxylic acids is 1. The number of piperidine rings is 1. The van der Waals surface area contributed by atoms with Crippen molar-refractivity contribution >= 4 is 28.8 Å². The zero-order valence-corrected chi connectivity index (χ0v) is 21.7. The largest absolute Gasteiger partial charge is 0.492 e. The molecule has 38 heavy (non-hydrogen) atoms. The number of amides is 1. The fraction of sp³-hybridized carbons (Fsp3) is 0.296. The van der Waals surface area contributed by atoms with Gasteiger partial charge in [-0.15, -0.1) is 0 Å². The summed E-state index contributed by atoms with van der Waals surface area (Å²) in [5.74, 6) is 1.13. The summed E-state index contributed by atoms with van der Waals surface area (Å²) in [4.78, 5) is 23.7. The molecule has 1 fully saturated rings. The molecule has 1 aliphatic heterocycles. The van der Waals surface area contributed by atoms with Gasteiger partial charge in [0.25, 0.3) is 5.91 Å². The van der Waals surface area contributed by atoms with Gasteiger partial charge in [0.2, 0.25) is 0 Å². The molecule has 1 aliphatic rings. The molecule has 1 N–H and O–H groups in total. The van der Waals surface area contributed by atoms with E-state index < -0.39 is 0 Å². The highest BCUT2D eigenvalue weighted by Crippen LogP contribution is 2.32. The number of carbonyl (C=O) groups is 1. The molecular formula is C27H26ClN7O3. The van der Waals surface area contributed by atoms with Crippen molar-refractivity contribution in [1.29, 1.82) is 5.26 Å². The van der Waals surface area contributed by atoms with Crippen LogP contribution in [0.2, 0.25) is 5.02 Å². The first kappa shape index (κ1) is 25.4. The van der Waals surface area contributed by atoms with Gasteiger partial charge in [-0.3, -0.25) is 4.79 Å². The minimum atomic E-state index is -0.323. The fourth-order valence-corrected chi connectivity index (χ4v) is 4.90. The Labute approximate surface area is 224 Å². The van der Waals surface area contributed by atoms with Gasteiger partial charge < -0.3 is 19.7 Å². The highest BCUT2D eigenvalue weighted by molar-refractivity contribution is 6.33. The lowest BCUT2D eigenvalue weighted by Crippen LogP contribution is -2.55. The van der Waals surface area contributed by atoms with Gasteiger partial charge in [0.15, 0.2) is 0 Å². The van der Waals surface area contributed by atoms with Crippen molar-refractivity contribution in [3.8, 4) is 22.9 Å². The monoisotopic (exact) mass is 531 g/mol. The van der Waals surface area contributed by atoms with Crippen LogP contribution >= 0.6 is 11.6 Å². The molecular weight excluding hydrogens is 506 g/mol. The van der Waals surface area contributed by atoms with Gasteiger partial charge in [-0.1, -0.05) is 11.6 Å². The Morgan fingerprint density at radius 3 is 2.87 bits per heavy atom. The van der Waals surface area contributed by atoms with Crippen LogP contribution in [0.1, 0.15) is 29.4 Å². The van der Waals surface area contributed by atoms with Gasteiger partial charge in [0.1, 0.15) is 23.3 Å². The standard InChI is InChI=1S/C27H26ClN7O3/c1-3-38-19-11-20(26-18(12-29)14-32-35(26)15-19)17-6-7-24(31-13-17)34-10-8-22(23(16-34)37-2)33-27(36)25-21(28)5-4-9-30-25/h4-7,9,11,13-15,22-23H,3,8,10,16H2,1-2H3,(H,33,36). The smallest absolute Gasteiger partial charge is 0.271 e. The van der Waals surface area contributed by atoms with E-state index in [1.54, 1.807) is 48.5 Å². The zero-order chi connectivity index (χ0) is 26.6. The molecule has 0 bridgehead atoms. The topological polar surface area (TPSA) is 118 Å². The van der Waals surface area contributed by atoms with E-state index in [1.807, 2.05) is 25.1 Å². The summed E-state index contributed by atoms with van der Waals surface area (Å²) < 4.78 is 13.1. The minimum Gasteiger partial charge on any atom is -0.492 e. The highest BCUT2D eigenvalue weighted by Gasteiger charge is 2.32. The maximum Gasteiger partial charge on any atom is 0.271 e. The molecule has 4 aromatic heterocycles. The Bertz CT molecular complexity index is 1500. The molecule has 0 spiro atoms. The molecule has 11 heteroatoms. The van der Waals surface area contributed by atoms with Crippen LogP contribution in [0.25, 0.3) is 16.6 Å². The molecule has 0 aromatic carbocycles. The Morgan fingerprint density at radius 1 is 1.29 bits per heavy atom. The molecule has 2 unspecified atom stereocenters. The lowest BCUT2D eigenvalue weighted by atomic mass is 10.0. The number of anilines is 1. The van der Waals surface area contributed by atoms with E-state index in [1.165, 1.54) is 0 Å². The van der Waals surface area contributed by atoms with Crippen molar-refractivity contribution in [2.75, 3.05) is 31.7 Å². The number of ether oxygens (including phenoxy) is 2. The van der Waals surface area contributed by atoms with Gasteiger partial charge in [-0.25, -0.2) is 14.5 Å². The third-order valence-corrected chi connectivity index (χ3v) is 6.86. The van der Waals surface area contributed by atoms with E-state index >= 15 is 0 Å². The quantitative estimate of drug-likeness (QED) is 0.383. The van der Waals surface area contributed by atoms with Crippen LogP contribution in [0.15, 0.2) is 55.1 Å². The average Bonchev–Trinajstić information content (AvgIpc) is 3.36. The van der Waals surface area contributed by atoms with Gasteiger partial charge in [-0.05, 0) is 43.7 Å². The maximum atomic E-state index is 12.7. The number of nitrogens with zero attached hydrogens (tertiary/aromatic N) is 6. The minimum absolute atomic E-state index is 0.193. The normalized spacial score (nSPS) is 17.3. The number of fused-ring (bicyclic) bond motifs is 1. The van der Waals surface area contributed by atoms with Crippen LogP contribution < -0.4 is 15.0 Å². The number of methoxy groups -OCH3 is 1. The number of hydrogen-bond donors (Lipinski definition) is 1. The number of nitrogens with one attached hydrogen (secondary N) is 1. The SMILES string of the molecule is CCOc1cc(-c2ccc(N3CCC(NC(=O)c4ncccc4Cl)C(OC)C3)nc2)c2c(C#N)cnn2c1. The van der Waals surface area contributed by atoms with Crippen molar-refractivity contribution in [2.24, 2.45) is 0 Å². The maximum absolute atomic E-state index is 12.7.